The zero-order valence-electron chi connectivity index (χ0n) is 12.8. The van der Waals surface area contributed by atoms with Crippen molar-refractivity contribution in [3.63, 3.8) is 0 Å². The first kappa shape index (κ1) is 16.1. The van der Waals surface area contributed by atoms with E-state index in [2.05, 4.69) is 26.0 Å². The van der Waals surface area contributed by atoms with Crippen LogP contribution in [0.15, 0.2) is 33.9 Å². The molecule has 0 N–H and O–H groups in total. The van der Waals surface area contributed by atoms with Crippen molar-refractivity contribution in [3.05, 3.63) is 55.2 Å². The molecule has 124 valence electrons. The van der Waals surface area contributed by atoms with E-state index in [1.807, 2.05) is 0 Å². The van der Waals surface area contributed by atoms with Gasteiger partial charge in [0.1, 0.15) is 16.3 Å². The molecule has 0 fully saturated rings. The maximum atomic E-state index is 12.6. The Labute approximate surface area is 143 Å². The fourth-order valence-electron chi connectivity index (χ4n) is 2.42. The molecule has 0 saturated carbocycles. The van der Waals surface area contributed by atoms with Gasteiger partial charge in [-0.15, -0.1) is 0 Å². The lowest BCUT2D eigenvalue weighted by molar-refractivity contribution is -0.385. The molecule has 0 amide bonds. The molecule has 24 heavy (non-hydrogen) atoms. The number of fused-ring (bicyclic) bond motifs is 1. The van der Waals surface area contributed by atoms with Gasteiger partial charge in [0.15, 0.2) is 11.4 Å². The van der Waals surface area contributed by atoms with Gasteiger partial charge in [-0.1, -0.05) is 6.07 Å². The van der Waals surface area contributed by atoms with Gasteiger partial charge in [0, 0.05) is 13.1 Å². The number of hydrogen-bond acceptors (Lipinski definition) is 6. The smallest absolute Gasteiger partial charge is 0.311 e. The van der Waals surface area contributed by atoms with Gasteiger partial charge in [-0.3, -0.25) is 19.5 Å². The molecule has 0 spiro atoms. The minimum absolute atomic E-state index is 0.147. The van der Waals surface area contributed by atoms with Crippen LogP contribution in [0.1, 0.15) is 5.56 Å². The minimum atomic E-state index is -0.524. The fraction of sp³-hybridized carbons (Fsp3) is 0.214. The summed E-state index contributed by atoms with van der Waals surface area (Å²) < 4.78 is 8.26. The van der Waals surface area contributed by atoms with Crippen molar-refractivity contribution in [1.29, 1.82) is 0 Å². The molecular formula is C14H12BrN5O4. The first-order chi connectivity index (χ1) is 11.4. The molecule has 0 radical (unpaired) electrons. The van der Waals surface area contributed by atoms with Gasteiger partial charge in [0.05, 0.1) is 18.6 Å². The Hall–Kier alpha value is -2.75. The maximum Gasteiger partial charge on any atom is 0.311 e. The highest BCUT2D eigenvalue weighted by atomic mass is 79.9. The van der Waals surface area contributed by atoms with E-state index >= 15 is 0 Å². The van der Waals surface area contributed by atoms with Crippen LogP contribution < -0.4 is 10.3 Å². The molecule has 0 aliphatic heterocycles. The zero-order chi connectivity index (χ0) is 17.4. The van der Waals surface area contributed by atoms with Crippen molar-refractivity contribution < 1.29 is 9.66 Å². The molecule has 10 heteroatoms. The van der Waals surface area contributed by atoms with E-state index in [0.29, 0.717) is 21.2 Å². The van der Waals surface area contributed by atoms with Crippen LogP contribution in [0.3, 0.4) is 0 Å². The van der Waals surface area contributed by atoms with Crippen LogP contribution in [0.25, 0.3) is 11.0 Å². The molecular weight excluding hydrogens is 382 g/mol. The summed E-state index contributed by atoms with van der Waals surface area (Å²) in [7, 11) is 3.06. The van der Waals surface area contributed by atoms with Gasteiger partial charge in [-0.2, -0.15) is 5.10 Å². The van der Waals surface area contributed by atoms with Crippen LogP contribution in [0.5, 0.6) is 5.75 Å². The zero-order valence-corrected chi connectivity index (χ0v) is 14.3. The highest BCUT2D eigenvalue weighted by Crippen LogP contribution is 2.27. The van der Waals surface area contributed by atoms with E-state index in [4.69, 9.17) is 4.74 Å². The van der Waals surface area contributed by atoms with Crippen molar-refractivity contribution in [3.8, 4) is 5.75 Å². The minimum Gasteiger partial charge on any atom is -0.490 e. The number of nitro benzene ring substituents is 1. The molecule has 0 saturated heterocycles. The molecule has 1 aromatic carbocycles. The van der Waals surface area contributed by atoms with Gasteiger partial charge in [-0.25, -0.2) is 9.67 Å². The molecule has 9 nitrogen and oxygen atoms in total. The Morgan fingerprint density at radius 2 is 2.17 bits per heavy atom. The predicted octanol–water partition coefficient (Wildman–Crippen LogP) is 1.86. The average molecular weight is 394 g/mol. The standard InChI is InChI=1S/C14H12BrN5O4/c1-18-13-11(12(15)17-18)14(21)19(7-16-13)6-8-3-4-10(24-2)9(5-8)20(22)23/h3-5,7H,6H2,1-2H3. The number of nitro groups is 1. The van der Waals surface area contributed by atoms with Crippen LogP contribution in [0, 0.1) is 10.1 Å². The molecule has 0 unspecified atom stereocenters. The summed E-state index contributed by atoms with van der Waals surface area (Å²) in [6.45, 7) is 0.147. The number of halogens is 1. The second kappa shape index (κ2) is 6.04. The summed E-state index contributed by atoms with van der Waals surface area (Å²) in [5.41, 5.74) is 0.618. The van der Waals surface area contributed by atoms with E-state index in [1.54, 1.807) is 13.1 Å². The SMILES string of the molecule is COc1ccc(Cn2cnc3c(c(Br)nn3C)c2=O)cc1[N+](=O)[O-]. The number of aromatic nitrogens is 4. The summed E-state index contributed by atoms with van der Waals surface area (Å²) in [5.74, 6) is 0.166. The second-order valence-electron chi connectivity index (χ2n) is 5.05. The average Bonchev–Trinajstić information content (AvgIpc) is 2.84. The highest BCUT2D eigenvalue weighted by Gasteiger charge is 2.17. The van der Waals surface area contributed by atoms with Crippen molar-refractivity contribution >= 4 is 32.7 Å². The first-order valence-electron chi connectivity index (χ1n) is 6.81. The van der Waals surface area contributed by atoms with Gasteiger partial charge >= 0.3 is 5.69 Å². The second-order valence-corrected chi connectivity index (χ2v) is 5.81. The molecule has 2 heterocycles. The predicted molar refractivity (Wildman–Crippen MR) is 89.2 cm³/mol. The van der Waals surface area contributed by atoms with Crippen molar-refractivity contribution in [1.82, 2.24) is 19.3 Å². The molecule has 3 aromatic rings. The maximum absolute atomic E-state index is 12.6. The van der Waals surface area contributed by atoms with E-state index in [9.17, 15) is 14.9 Å². The van der Waals surface area contributed by atoms with Gasteiger partial charge in [-0.05, 0) is 27.6 Å². The highest BCUT2D eigenvalue weighted by molar-refractivity contribution is 9.10. The number of benzene rings is 1. The third kappa shape index (κ3) is 2.64. The number of methoxy groups -OCH3 is 1. The van der Waals surface area contributed by atoms with Crippen LogP contribution in [-0.4, -0.2) is 31.4 Å². The van der Waals surface area contributed by atoms with E-state index < -0.39 is 4.92 Å². The van der Waals surface area contributed by atoms with E-state index in [1.165, 1.54) is 34.8 Å². The Kier molecular flexibility index (Phi) is 4.06. The Bertz CT molecular complexity index is 1010. The molecule has 0 bridgehead atoms. The lowest BCUT2D eigenvalue weighted by atomic mass is 10.2. The van der Waals surface area contributed by atoms with Crippen molar-refractivity contribution in [2.45, 2.75) is 6.54 Å². The lowest BCUT2D eigenvalue weighted by Crippen LogP contribution is -2.21. The number of ether oxygens (including phenoxy) is 1. The quantitative estimate of drug-likeness (QED) is 0.494. The Morgan fingerprint density at radius 1 is 1.42 bits per heavy atom. The summed E-state index contributed by atoms with van der Waals surface area (Å²) in [6.07, 6.45) is 1.40. The number of aryl methyl sites for hydroxylation is 1. The largest absolute Gasteiger partial charge is 0.490 e. The topological polar surface area (TPSA) is 105 Å². The van der Waals surface area contributed by atoms with Gasteiger partial charge in [0.25, 0.3) is 5.56 Å². The van der Waals surface area contributed by atoms with Crippen LogP contribution >= 0.6 is 15.9 Å². The van der Waals surface area contributed by atoms with Crippen molar-refractivity contribution in [2.24, 2.45) is 7.05 Å². The van der Waals surface area contributed by atoms with Crippen molar-refractivity contribution in [2.75, 3.05) is 7.11 Å². The van der Waals surface area contributed by atoms with Crippen LogP contribution in [0.2, 0.25) is 0 Å². The van der Waals surface area contributed by atoms with Gasteiger partial charge in [0.2, 0.25) is 0 Å². The molecule has 2 aromatic heterocycles. The number of hydrogen-bond donors (Lipinski definition) is 0. The van der Waals surface area contributed by atoms with Crippen LogP contribution in [-0.2, 0) is 13.6 Å². The third-order valence-corrected chi connectivity index (χ3v) is 4.12. The lowest BCUT2D eigenvalue weighted by Gasteiger charge is -2.07. The molecule has 0 aliphatic carbocycles. The number of rotatable bonds is 4. The van der Waals surface area contributed by atoms with E-state index in [-0.39, 0.29) is 23.5 Å². The van der Waals surface area contributed by atoms with E-state index in [0.717, 1.165) is 0 Å². The third-order valence-electron chi connectivity index (χ3n) is 3.56. The number of nitrogens with zero attached hydrogens (tertiary/aromatic N) is 5. The van der Waals surface area contributed by atoms with Gasteiger partial charge < -0.3 is 4.74 Å². The molecule has 3 rings (SSSR count). The van der Waals surface area contributed by atoms with Crippen LogP contribution in [0.4, 0.5) is 5.69 Å². The first-order valence-corrected chi connectivity index (χ1v) is 7.60. The molecule has 0 atom stereocenters. The Morgan fingerprint density at radius 3 is 2.83 bits per heavy atom. The summed E-state index contributed by atoms with van der Waals surface area (Å²) in [5, 5.41) is 15.6. The Balaban J connectivity index is 2.06. The summed E-state index contributed by atoms with van der Waals surface area (Å²) in [6, 6.07) is 4.55. The summed E-state index contributed by atoms with van der Waals surface area (Å²) in [4.78, 5) is 27.4. The monoisotopic (exact) mass is 393 g/mol. The normalized spacial score (nSPS) is 11.0. The summed E-state index contributed by atoms with van der Waals surface area (Å²) >= 11 is 3.25. The molecule has 0 aliphatic rings. The fourth-order valence-corrected chi connectivity index (χ4v) is 3.01.